The molecule has 22 heavy (non-hydrogen) atoms. The number of carbonyl (C=O) groups excluding carboxylic acids is 1. The fourth-order valence-electron chi connectivity index (χ4n) is 2.45. The van der Waals surface area contributed by atoms with Gasteiger partial charge in [0.25, 0.3) is 0 Å². The van der Waals surface area contributed by atoms with E-state index >= 15 is 0 Å². The van der Waals surface area contributed by atoms with Crippen LogP contribution in [0.2, 0.25) is 5.28 Å². The summed E-state index contributed by atoms with van der Waals surface area (Å²) >= 11 is 5.79. The van der Waals surface area contributed by atoms with Gasteiger partial charge in [0.05, 0.1) is 5.69 Å². The van der Waals surface area contributed by atoms with Crippen LogP contribution in [-0.2, 0) is 11.3 Å². The fraction of sp³-hybridized carbons (Fsp3) is 0.667. The van der Waals surface area contributed by atoms with E-state index in [1.54, 1.807) is 6.20 Å². The van der Waals surface area contributed by atoms with Gasteiger partial charge in [-0.15, -0.1) is 0 Å². The number of halogens is 1. The number of rotatable bonds is 4. The number of nitrogens with zero attached hydrogens (tertiary/aromatic N) is 3. The second-order valence-electron chi connectivity index (χ2n) is 6.59. The van der Waals surface area contributed by atoms with Gasteiger partial charge < -0.3 is 10.1 Å². The minimum absolute atomic E-state index is 0.278. The van der Waals surface area contributed by atoms with Gasteiger partial charge in [-0.2, -0.15) is 0 Å². The van der Waals surface area contributed by atoms with Crippen LogP contribution >= 0.6 is 11.6 Å². The standard InChI is InChI=1S/C15H23ClN4O2/c1-15(2,3)22-14(21)18-8-11-5-7-20(9-11)10-12-4-6-17-13(16)19-12/h4,6,11H,5,7-10H2,1-3H3,(H,18,21). The maximum Gasteiger partial charge on any atom is 0.407 e. The first kappa shape index (κ1) is 17.0. The van der Waals surface area contributed by atoms with Crippen molar-refractivity contribution in [3.05, 3.63) is 23.2 Å². The summed E-state index contributed by atoms with van der Waals surface area (Å²) in [4.78, 5) is 22.0. The van der Waals surface area contributed by atoms with Crippen molar-refractivity contribution in [2.45, 2.75) is 39.3 Å². The third-order valence-corrected chi connectivity index (χ3v) is 3.56. The number of ether oxygens (including phenoxy) is 1. The summed E-state index contributed by atoms with van der Waals surface area (Å²) in [5, 5.41) is 3.12. The molecule has 1 aliphatic rings. The summed E-state index contributed by atoms with van der Waals surface area (Å²) in [6, 6.07) is 1.87. The Hall–Kier alpha value is -1.40. The van der Waals surface area contributed by atoms with E-state index in [1.165, 1.54) is 0 Å². The van der Waals surface area contributed by atoms with Crippen molar-refractivity contribution in [1.82, 2.24) is 20.2 Å². The topological polar surface area (TPSA) is 67.3 Å². The number of aromatic nitrogens is 2. The highest BCUT2D eigenvalue weighted by molar-refractivity contribution is 6.28. The second kappa shape index (κ2) is 7.24. The van der Waals surface area contributed by atoms with Gasteiger partial charge in [-0.25, -0.2) is 14.8 Å². The van der Waals surface area contributed by atoms with E-state index in [0.717, 1.165) is 31.7 Å². The molecule has 1 amide bonds. The zero-order chi connectivity index (χ0) is 16.2. The largest absolute Gasteiger partial charge is 0.444 e. The molecule has 1 saturated heterocycles. The lowest BCUT2D eigenvalue weighted by Crippen LogP contribution is -2.36. The van der Waals surface area contributed by atoms with E-state index in [2.05, 4.69) is 20.2 Å². The quantitative estimate of drug-likeness (QED) is 0.861. The van der Waals surface area contributed by atoms with Gasteiger partial charge in [-0.3, -0.25) is 4.90 Å². The zero-order valence-electron chi connectivity index (χ0n) is 13.3. The number of likely N-dealkylation sites (tertiary alicyclic amines) is 1. The SMILES string of the molecule is CC(C)(C)OC(=O)NCC1CCN(Cc2ccnc(Cl)n2)C1. The predicted octanol–water partition coefficient (Wildman–Crippen LogP) is 2.48. The van der Waals surface area contributed by atoms with Crippen LogP contribution in [0.25, 0.3) is 0 Å². The van der Waals surface area contributed by atoms with Crippen LogP contribution in [0.5, 0.6) is 0 Å². The lowest BCUT2D eigenvalue weighted by atomic mass is 10.1. The minimum atomic E-state index is -0.460. The summed E-state index contributed by atoms with van der Waals surface area (Å²) in [5.41, 5.74) is 0.457. The third-order valence-electron chi connectivity index (χ3n) is 3.37. The molecule has 2 heterocycles. The van der Waals surface area contributed by atoms with Crippen LogP contribution in [0.3, 0.4) is 0 Å². The van der Waals surface area contributed by atoms with Crippen molar-refractivity contribution in [3.8, 4) is 0 Å². The molecule has 1 aromatic heterocycles. The van der Waals surface area contributed by atoms with Gasteiger partial charge >= 0.3 is 6.09 Å². The Labute approximate surface area is 136 Å². The van der Waals surface area contributed by atoms with Crippen molar-refractivity contribution in [2.24, 2.45) is 5.92 Å². The smallest absolute Gasteiger partial charge is 0.407 e. The Morgan fingerprint density at radius 2 is 2.32 bits per heavy atom. The molecule has 122 valence electrons. The molecule has 1 fully saturated rings. The van der Waals surface area contributed by atoms with Gasteiger partial charge in [0.15, 0.2) is 0 Å². The van der Waals surface area contributed by atoms with E-state index in [0.29, 0.717) is 12.5 Å². The number of hydrogen-bond acceptors (Lipinski definition) is 5. The number of nitrogens with one attached hydrogen (secondary N) is 1. The number of amides is 1. The molecule has 2 rings (SSSR count). The molecular formula is C15H23ClN4O2. The highest BCUT2D eigenvalue weighted by Crippen LogP contribution is 2.18. The Balaban J connectivity index is 1.73. The first-order valence-electron chi connectivity index (χ1n) is 7.48. The Bertz CT molecular complexity index is 519. The van der Waals surface area contributed by atoms with E-state index in [9.17, 15) is 4.79 Å². The maximum atomic E-state index is 11.6. The van der Waals surface area contributed by atoms with Crippen molar-refractivity contribution in [1.29, 1.82) is 0 Å². The number of carbonyl (C=O) groups is 1. The average Bonchev–Trinajstić information content (AvgIpc) is 2.82. The summed E-state index contributed by atoms with van der Waals surface area (Å²) in [5.74, 6) is 0.435. The maximum absolute atomic E-state index is 11.6. The minimum Gasteiger partial charge on any atom is -0.444 e. The van der Waals surface area contributed by atoms with Crippen molar-refractivity contribution < 1.29 is 9.53 Å². The molecule has 0 spiro atoms. The molecule has 1 aromatic rings. The van der Waals surface area contributed by atoms with E-state index in [-0.39, 0.29) is 11.4 Å². The summed E-state index contributed by atoms with van der Waals surface area (Å²) in [6.45, 7) is 8.88. The summed E-state index contributed by atoms with van der Waals surface area (Å²) in [7, 11) is 0. The fourth-order valence-corrected chi connectivity index (χ4v) is 2.62. The van der Waals surface area contributed by atoms with Crippen LogP contribution in [0.4, 0.5) is 4.79 Å². The Morgan fingerprint density at radius 1 is 1.55 bits per heavy atom. The molecule has 7 heteroatoms. The molecule has 0 aliphatic carbocycles. The second-order valence-corrected chi connectivity index (χ2v) is 6.93. The van der Waals surface area contributed by atoms with Crippen LogP contribution in [0.15, 0.2) is 12.3 Å². The molecule has 0 bridgehead atoms. The molecular weight excluding hydrogens is 304 g/mol. The van der Waals surface area contributed by atoms with Crippen LogP contribution in [0.1, 0.15) is 32.9 Å². The van der Waals surface area contributed by atoms with Crippen molar-refractivity contribution >= 4 is 17.7 Å². The predicted molar refractivity (Wildman–Crippen MR) is 84.7 cm³/mol. The highest BCUT2D eigenvalue weighted by atomic mass is 35.5. The van der Waals surface area contributed by atoms with Gasteiger partial charge in [0.2, 0.25) is 5.28 Å². The van der Waals surface area contributed by atoms with Crippen LogP contribution < -0.4 is 5.32 Å². The molecule has 1 atom stereocenters. The molecule has 0 radical (unpaired) electrons. The third kappa shape index (κ3) is 5.77. The lowest BCUT2D eigenvalue weighted by molar-refractivity contribution is 0.0519. The molecule has 1 N–H and O–H groups in total. The van der Waals surface area contributed by atoms with Crippen molar-refractivity contribution in [2.75, 3.05) is 19.6 Å². The van der Waals surface area contributed by atoms with E-state index in [1.807, 2.05) is 26.8 Å². The number of hydrogen-bond donors (Lipinski definition) is 1. The summed E-state index contributed by atoms with van der Waals surface area (Å²) in [6.07, 6.45) is 2.37. The van der Waals surface area contributed by atoms with Gasteiger partial charge in [0, 0.05) is 25.8 Å². The van der Waals surface area contributed by atoms with Gasteiger partial charge in [-0.05, 0) is 57.3 Å². The molecule has 1 aliphatic heterocycles. The average molecular weight is 327 g/mol. The van der Waals surface area contributed by atoms with E-state index < -0.39 is 5.60 Å². The molecule has 1 unspecified atom stereocenters. The Kier molecular flexibility index (Phi) is 5.58. The Morgan fingerprint density at radius 3 is 3.00 bits per heavy atom. The van der Waals surface area contributed by atoms with Crippen LogP contribution in [-0.4, -0.2) is 46.2 Å². The van der Waals surface area contributed by atoms with Gasteiger partial charge in [-0.1, -0.05) is 0 Å². The highest BCUT2D eigenvalue weighted by Gasteiger charge is 2.24. The lowest BCUT2D eigenvalue weighted by Gasteiger charge is -2.21. The molecule has 0 saturated carbocycles. The molecule has 6 nitrogen and oxygen atoms in total. The monoisotopic (exact) mass is 326 g/mol. The van der Waals surface area contributed by atoms with Crippen LogP contribution in [0, 0.1) is 5.92 Å². The van der Waals surface area contributed by atoms with Gasteiger partial charge in [0.1, 0.15) is 5.60 Å². The van der Waals surface area contributed by atoms with E-state index in [4.69, 9.17) is 16.3 Å². The number of alkyl carbamates (subject to hydrolysis) is 1. The first-order valence-corrected chi connectivity index (χ1v) is 7.86. The normalized spacial score (nSPS) is 19.2. The first-order chi connectivity index (χ1) is 10.3. The van der Waals surface area contributed by atoms with Crippen molar-refractivity contribution in [3.63, 3.8) is 0 Å². The zero-order valence-corrected chi connectivity index (χ0v) is 14.1. The summed E-state index contributed by atoms with van der Waals surface area (Å²) < 4.78 is 5.24. The molecule has 0 aromatic carbocycles.